The Kier molecular flexibility index (Phi) is 5.03. The Bertz CT molecular complexity index is 862. The van der Waals surface area contributed by atoms with E-state index in [9.17, 15) is 9.18 Å². The highest BCUT2D eigenvalue weighted by atomic mass is 19.1. The minimum absolute atomic E-state index is 0.142. The number of nitrogens with zero attached hydrogens (tertiary/aromatic N) is 2. The number of rotatable bonds is 6. The maximum atomic E-state index is 12.9. The van der Waals surface area contributed by atoms with E-state index in [-0.39, 0.29) is 24.9 Å². The van der Waals surface area contributed by atoms with E-state index in [1.807, 2.05) is 25.1 Å². The van der Waals surface area contributed by atoms with E-state index in [4.69, 9.17) is 14.0 Å². The molecule has 0 radical (unpaired) electrons. The number of hydrogen-bond acceptors (Lipinski definition) is 6. The van der Waals surface area contributed by atoms with E-state index < -0.39 is 5.97 Å². The fourth-order valence-electron chi connectivity index (χ4n) is 2.07. The molecule has 7 heteroatoms. The van der Waals surface area contributed by atoms with Gasteiger partial charge in [0.05, 0.1) is 0 Å². The average Bonchev–Trinajstić information content (AvgIpc) is 3.09. The van der Waals surface area contributed by atoms with E-state index in [1.165, 1.54) is 24.3 Å². The number of ether oxygens (including phenoxy) is 2. The van der Waals surface area contributed by atoms with Crippen molar-refractivity contribution < 1.29 is 23.2 Å². The van der Waals surface area contributed by atoms with Gasteiger partial charge in [0.15, 0.2) is 13.2 Å². The second-order valence-corrected chi connectivity index (χ2v) is 5.23. The molecule has 0 saturated heterocycles. The first-order valence-electron chi connectivity index (χ1n) is 7.54. The van der Waals surface area contributed by atoms with Crippen LogP contribution in [0, 0.1) is 12.7 Å². The number of hydrogen-bond donors (Lipinski definition) is 0. The summed E-state index contributed by atoms with van der Waals surface area (Å²) in [6.07, 6.45) is 0. The minimum Gasteiger partial charge on any atom is -0.482 e. The molecule has 128 valence electrons. The van der Waals surface area contributed by atoms with Crippen LogP contribution in [0.15, 0.2) is 53.1 Å². The molecular formula is C18H15FN2O4. The Hall–Kier alpha value is -3.22. The fourth-order valence-corrected chi connectivity index (χ4v) is 2.07. The van der Waals surface area contributed by atoms with Gasteiger partial charge in [0.2, 0.25) is 5.82 Å². The van der Waals surface area contributed by atoms with Crippen LogP contribution in [0.3, 0.4) is 0 Å². The van der Waals surface area contributed by atoms with Gasteiger partial charge in [-0.25, -0.2) is 9.18 Å². The summed E-state index contributed by atoms with van der Waals surface area (Å²) in [7, 11) is 0. The quantitative estimate of drug-likeness (QED) is 0.640. The number of carbonyl (C=O) groups excluding carboxylic acids is 1. The molecule has 0 bridgehead atoms. The average molecular weight is 342 g/mol. The van der Waals surface area contributed by atoms with Crippen molar-refractivity contribution in [1.29, 1.82) is 0 Å². The molecule has 1 aromatic heterocycles. The fraction of sp³-hybridized carbons (Fsp3) is 0.167. The lowest BCUT2D eigenvalue weighted by atomic mass is 10.2. The Morgan fingerprint density at radius 2 is 1.92 bits per heavy atom. The van der Waals surface area contributed by atoms with Crippen LogP contribution in [0.1, 0.15) is 11.5 Å². The summed E-state index contributed by atoms with van der Waals surface area (Å²) >= 11 is 0. The first-order chi connectivity index (χ1) is 12.1. The lowest BCUT2D eigenvalue weighted by Gasteiger charge is -2.07. The molecule has 3 rings (SSSR count). The van der Waals surface area contributed by atoms with Gasteiger partial charge in [-0.1, -0.05) is 23.4 Å². The predicted octanol–water partition coefficient (Wildman–Crippen LogP) is 3.31. The summed E-state index contributed by atoms with van der Waals surface area (Å²) in [6, 6.07) is 13.0. The molecule has 0 aliphatic heterocycles. The number of esters is 1. The monoisotopic (exact) mass is 342 g/mol. The summed E-state index contributed by atoms with van der Waals surface area (Å²) in [4.78, 5) is 15.8. The van der Waals surface area contributed by atoms with Gasteiger partial charge in [-0.05, 0) is 42.8 Å². The molecular weight excluding hydrogens is 327 g/mol. The molecule has 25 heavy (non-hydrogen) atoms. The van der Waals surface area contributed by atoms with Gasteiger partial charge in [-0.15, -0.1) is 0 Å². The Morgan fingerprint density at radius 3 is 2.68 bits per heavy atom. The molecule has 0 N–H and O–H groups in total. The van der Waals surface area contributed by atoms with Crippen molar-refractivity contribution in [2.45, 2.75) is 13.5 Å². The molecule has 0 spiro atoms. The summed E-state index contributed by atoms with van der Waals surface area (Å²) in [5, 5.41) is 3.77. The molecule has 0 unspecified atom stereocenters. The summed E-state index contributed by atoms with van der Waals surface area (Å²) in [5.74, 6) is 0.154. The van der Waals surface area contributed by atoms with Crippen LogP contribution < -0.4 is 4.74 Å². The Balaban J connectivity index is 1.51. The van der Waals surface area contributed by atoms with Gasteiger partial charge in [0.25, 0.3) is 5.89 Å². The molecule has 1 heterocycles. The van der Waals surface area contributed by atoms with Crippen LogP contribution in [0.25, 0.3) is 11.4 Å². The van der Waals surface area contributed by atoms with Crippen LogP contribution in [0.5, 0.6) is 5.75 Å². The molecule has 0 amide bonds. The Morgan fingerprint density at radius 1 is 1.16 bits per heavy atom. The maximum absolute atomic E-state index is 12.9. The highest BCUT2D eigenvalue weighted by molar-refractivity contribution is 5.71. The van der Waals surface area contributed by atoms with Crippen molar-refractivity contribution in [1.82, 2.24) is 10.1 Å². The number of halogens is 1. The zero-order valence-electron chi connectivity index (χ0n) is 13.4. The summed E-state index contributed by atoms with van der Waals surface area (Å²) in [5.41, 5.74) is 1.53. The van der Waals surface area contributed by atoms with Gasteiger partial charge in [0.1, 0.15) is 11.6 Å². The molecule has 3 aromatic rings. The highest BCUT2D eigenvalue weighted by Gasteiger charge is 2.12. The zero-order valence-corrected chi connectivity index (χ0v) is 13.4. The van der Waals surface area contributed by atoms with E-state index in [0.717, 1.165) is 5.56 Å². The molecule has 0 fully saturated rings. The molecule has 0 aliphatic carbocycles. The predicted molar refractivity (Wildman–Crippen MR) is 86.2 cm³/mol. The molecule has 6 nitrogen and oxygen atoms in total. The van der Waals surface area contributed by atoms with Gasteiger partial charge in [-0.2, -0.15) is 4.98 Å². The molecule has 0 saturated carbocycles. The minimum atomic E-state index is -0.551. The van der Waals surface area contributed by atoms with Crippen molar-refractivity contribution in [2.75, 3.05) is 6.61 Å². The first-order valence-corrected chi connectivity index (χ1v) is 7.54. The number of carbonyl (C=O) groups is 1. The van der Waals surface area contributed by atoms with Crippen molar-refractivity contribution >= 4 is 5.97 Å². The van der Waals surface area contributed by atoms with E-state index in [0.29, 0.717) is 17.1 Å². The van der Waals surface area contributed by atoms with E-state index in [2.05, 4.69) is 10.1 Å². The molecule has 0 aliphatic rings. The smallest absolute Gasteiger partial charge is 0.344 e. The van der Waals surface area contributed by atoms with Crippen LogP contribution in [-0.2, 0) is 16.1 Å². The van der Waals surface area contributed by atoms with Gasteiger partial charge < -0.3 is 14.0 Å². The largest absolute Gasteiger partial charge is 0.482 e. The highest BCUT2D eigenvalue weighted by Crippen LogP contribution is 2.17. The van der Waals surface area contributed by atoms with Gasteiger partial charge in [-0.3, -0.25) is 0 Å². The van der Waals surface area contributed by atoms with E-state index in [1.54, 1.807) is 6.07 Å². The third-order valence-electron chi connectivity index (χ3n) is 3.37. The van der Waals surface area contributed by atoms with Crippen LogP contribution in [0.2, 0.25) is 0 Å². The second kappa shape index (κ2) is 7.57. The zero-order chi connectivity index (χ0) is 17.6. The number of aryl methyl sites for hydroxylation is 1. The Labute approximate surface area is 143 Å². The third-order valence-corrected chi connectivity index (χ3v) is 3.37. The maximum Gasteiger partial charge on any atom is 0.344 e. The van der Waals surface area contributed by atoms with Gasteiger partial charge in [0, 0.05) is 5.56 Å². The van der Waals surface area contributed by atoms with Crippen molar-refractivity contribution in [3.63, 3.8) is 0 Å². The van der Waals surface area contributed by atoms with Crippen LogP contribution in [-0.4, -0.2) is 22.7 Å². The summed E-state index contributed by atoms with van der Waals surface area (Å²) < 4.78 is 28.3. The van der Waals surface area contributed by atoms with Gasteiger partial charge >= 0.3 is 5.97 Å². The van der Waals surface area contributed by atoms with Crippen LogP contribution >= 0.6 is 0 Å². The SMILES string of the molecule is Cc1ccccc1OCC(=O)OCc1nc(-c2ccc(F)cc2)no1. The number of aromatic nitrogens is 2. The van der Waals surface area contributed by atoms with Crippen molar-refractivity contribution in [3.05, 3.63) is 65.8 Å². The summed E-state index contributed by atoms with van der Waals surface area (Å²) in [6.45, 7) is 1.50. The van der Waals surface area contributed by atoms with Crippen molar-refractivity contribution in [2.24, 2.45) is 0 Å². The topological polar surface area (TPSA) is 74.5 Å². The van der Waals surface area contributed by atoms with Crippen LogP contribution in [0.4, 0.5) is 4.39 Å². The number of benzene rings is 2. The third kappa shape index (κ3) is 4.41. The lowest BCUT2D eigenvalue weighted by molar-refractivity contribution is -0.148. The molecule has 2 aromatic carbocycles. The van der Waals surface area contributed by atoms with E-state index >= 15 is 0 Å². The normalized spacial score (nSPS) is 10.5. The first kappa shape index (κ1) is 16.6. The standard InChI is InChI=1S/C18H15FN2O4/c1-12-4-2-3-5-15(12)23-11-17(22)24-10-16-20-18(21-25-16)13-6-8-14(19)9-7-13/h2-9H,10-11H2,1H3. The second-order valence-electron chi connectivity index (χ2n) is 5.23. The molecule has 0 atom stereocenters. The van der Waals surface area contributed by atoms with Crippen molar-refractivity contribution in [3.8, 4) is 17.1 Å². The lowest BCUT2D eigenvalue weighted by Crippen LogP contribution is -2.15. The number of para-hydroxylation sites is 1.